The fraction of sp³-hybridized carbons (Fsp3) is 0.0667. The molecule has 2 rings (SSSR count). The predicted molar refractivity (Wildman–Crippen MR) is 86.8 cm³/mol. The zero-order valence-corrected chi connectivity index (χ0v) is 13.3. The summed E-state index contributed by atoms with van der Waals surface area (Å²) < 4.78 is 6.16. The zero-order valence-electron chi connectivity index (χ0n) is 10.9. The van der Waals surface area contributed by atoms with Crippen LogP contribution >= 0.6 is 27.5 Å². The Bertz CT molecular complexity index is 662. The van der Waals surface area contributed by atoms with E-state index in [2.05, 4.69) is 26.5 Å². The van der Waals surface area contributed by atoms with Crippen LogP contribution in [0, 0.1) is 0 Å². The van der Waals surface area contributed by atoms with Crippen LogP contribution in [0.5, 0.6) is 5.75 Å². The molecule has 0 saturated heterocycles. The number of carbonyl (C=O) groups is 1. The summed E-state index contributed by atoms with van der Waals surface area (Å²) in [5, 5.41) is 4.41. The van der Waals surface area contributed by atoms with Gasteiger partial charge >= 0.3 is 0 Å². The van der Waals surface area contributed by atoms with Crippen LogP contribution in [0.4, 0.5) is 0 Å². The van der Waals surface area contributed by atoms with E-state index >= 15 is 0 Å². The van der Waals surface area contributed by atoms with Crippen LogP contribution in [0.3, 0.4) is 0 Å². The average molecular weight is 368 g/mol. The number of ether oxygens (including phenoxy) is 1. The van der Waals surface area contributed by atoms with E-state index in [-0.39, 0.29) is 12.5 Å². The van der Waals surface area contributed by atoms with Gasteiger partial charge in [-0.25, -0.2) is 5.43 Å². The molecule has 0 aromatic heterocycles. The van der Waals surface area contributed by atoms with Gasteiger partial charge in [-0.1, -0.05) is 41.9 Å². The van der Waals surface area contributed by atoms with Crippen LogP contribution in [-0.2, 0) is 4.79 Å². The molecule has 6 heteroatoms. The predicted octanol–water partition coefficient (Wildman–Crippen LogP) is 3.63. The van der Waals surface area contributed by atoms with Crippen molar-refractivity contribution in [3.8, 4) is 5.75 Å². The zero-order chi connectivity index (χ0) is 15.1. The molecular weight excluding hydrogens is 356 g/mol. The summed E-state index contributed by atoms with van der Waals surface area (Å²) in [6, 6.07) is 14.5. The number of carbonyl (C=O) groups excluding carboxylic acids is 1. The van der Waals surface area contributed by atoms with Crippen molar-refractivity contribution in [2.75, 3.05) is 6.61 Å². The van der Waals surface area contributed by atoms with Crippen molar-refractivity contribution in [1.82, 2.24) is 5.43 Å². The van der Waals surface area contributed by atoms with E-state index in [9.17, 15) is 4.79 Å². The first kappa shape index (κ1) is 15.5. The molecule has 4 nitrogen and oxygen atoms in total. The van der Waals surface area contributed by atoms with Gasteiger partial charge in [0.05, 0.1) is 10.7 Å². The van der Waals surface area contributed by atoms with Crippen LogP contribution in [0.15, 0.2) is 58.1 Å². The van der Waals surface area contributed by atoms with E-state index < -0.39 is 0 Å². The molecule has 0 saturated carbocycles. The minimum absolute atomic E-state index is 0.123. The summed E-state index contributed by atoms with van der Waals surface area (Å²) in [6.45, 7) is -0.123. The molecule has 2 aromatic carbocycles. The van der Waals surface area contributed by atoms with E-state index in [0.29, 0.717) is 10.8 Å². The van der Waals surface area contributed by atoms with Gasteiger partial charge < -0.3 is 4.74 Å². The molecule has 0 atom stereocenters. The third-order valence-corrected chi connectivity index (χ3v) is 3.49. The lowest BCUT2D eigenvalue weighted by Gasteiger charge is -2.06. The molecule has 0 aliphatic carbocycles. The second kappa shape index (κ2) is 7.81. The molecule has 21 heavy (non-hydrogen) atoms. The molecule has 1 N–H and O–H groups in total. The van der Waals surface area contributed by atoms with Crippen molar-refractivity contribution in [2.45, 2.75) is 0 Å². The average Bonchev–Trinajstić information content (AvgIpc) is 2.48. The van der Waals surface area contributed by atoms with E-state index in [4.69, 9.17) is 16.3 Å². The summed E-state index contributed by atoms with van der Waals surface area (Å²) in [5.74, 6) is 0.247. The van der Waals surface area contributed by atoms with Crippen molar-refractivity contribution in [1.29, 1.82) is 0 Å². The topological polar surface area (TPSA) is 50.7 Å². The first-order valence-electron chi connectivity index (χ1n) is 6.10. The Labute approximate surface area is 135 Å². The maximum absolute atomic E-state index is 11.6. The highest BCUT2D eigenvalue weighted by Gasteiger charge is 2.04. The number of nitrogens with one attached hydrogen (secondary N) is 1. The largest absolute Gasteiger partial charge is 0.483 e. The van der Waals surface area contributed by atoms with Gasteiger partial charge in [0, 0.05) is 10.6 Å². The second-order valence-corrected chi connectivity index (χ2v) is 5.30. The molecule has 2 aromatic rings. The minimum Gasteiger partial charge on any atom is -0.483 e. The Hall–Kier alpha value is -1.85. The summed E-state index contributed by atoms with van der Waals surface area (Å²) in [4.78, 5) is 11.6. The number of hydrogen-bond acceptors (Lipinski definition) is 3. The van der Waals surface area contributed by atoms with Crippen molar-refractivity contribution >= 4 is 39.7 Å². The highest BCUT2D eigenvalue weighted by molar-refractivity contribution is 9.10. The van der Waals surface area contributed by atoms with Gasteiger partial charge in [-0.2, -0.15) is 5.10 Å². The molecule has 0 heterocycles. The van der Waals surface area contributed by atoms with Gasteiger partial charge in [-0.15, -0.1) is 0 Å². The molecule has 0 bridgehead atoms. The van der Waals surface area contributed by atoms with Crippen LogP contribution in [0.25, 0.3) is 0 Å². The van der Waals surface area contributed by atoms with Gasteiger partial charge in [0.25, 0.3) is 5.91 Å². The van der Waals surface area contributed by atoms with E-state index in [1.54, 1.807) is 18.2 Å². The fourth-order valence-corrected chi connectivity index (χ4v) is 2.07. The number of hydrogen-bond donors (Lipinski definition) is 1. The number of halogens is 2. The number of benzene rings is 2. The second-order valence-electron chi connectivity index (χ2n) is 4.03. The minimum atomic E-state index is -0.353. The lowest BCUT2D eigenvalue weighted by molar-refractivity contribution is -0.123. The number of amides is 1. The van der Waals surface area contributed by atoms with Crippen LogP contribution in [0.1, 0.15) is 5.56 Å². The molecule has 1 amide bonds. The third-order valence-electron chi connectivity index (χ3n) is 2.49. The lowest BCUT2D eigenvalue weighted by Crippen LogP contribution is -2.24. The summed E-state index contributed by atoms with van der Waals surface area (Å²) in [5.41, 5.74) is 3.11. The van der Waals surface area contributed by atoms with Crippen LogP contribution in [0.2, 0.25) is 5.02 Å². The number of nitrogens with zero attached hydrogens (tertiary/aromatic N) is 1. The lowest BCUT2D eigenvalue weighted by atomic mass is 10.2. The first-order chi connectivity index (χ1) is 10.2. The van der Waals surface area contributed by atoms with Gasteiger partial charge in [-0.3, -0.25) is 4.79 Å². The van der Waals surface area contributed by atoms with Crippen molar-refractivity contribution in [3.63, 3.8) is 0 Å². The molecule has 0 spiro atoms. The van der Waals surface area contributed by atoms with E-state index in [0.717, 1.165) is 10.0 Å². The smallest absolute Gasteiger partial charge is 0.277 e. The summed E-state index contributed by atoms with van der Waals surface area (Å²) in [7, 11) is 0. The van der Waals surface area contributed by atoms with Crippen molar-refractivity contribution < 1.29 is 9.53 Å². The number of rotatable bonds is 5. The number of para-hydroxylation sites is 1. The van der Waals surface area contributed by atoms with Crippen molar-refractivity contribution in [2.24, 2.45) is 5.10 Å². The molecule has 108 valence electrons. The first-order valence-corrected chi connectivity index (χ1v) is 7.27. The molecule has 0 radical (unpaired) electrons. The van der Waals surface area contributed by atoms with E-state index in [1.807, 2.05) is 30.3 Å². The van der Waals surface area contributed by atoms with Gasteiger partial charge in [0.15, 0.2) is 6.61 Å². The van der Waals surface area contributed by atoms with Gasteiger partial charge in [-0.05, 0) is 34.1 Å². The molecular formula is C15H12BrClN2O2. The van der Waals surface area contributed by atoms with Gasteiger partial charge in [0.1, 0.15) is 5.75 Å². The Morgan fingerprint density at radius 1 is 1.24 bits per heavy atom. The van der Waals surface area contributed by atoms with Gasteiger partial charge in [0.2, 0.25) is 0 Å². The highest BCUT2D eigenvalue weighted by Crippen LogP contribution is 2.23. The maximum atomic E-state index is 11.6. The van der Waals surface area contributed by atoms with Crippen LogP contribution in [-0.4, -0.2) is 18.7 Å². The highest BCUT2D eigenvalue weighted by atomic mass is 79.9. The monoisotopic (exact) mass is 366 g/mol. The Kier molecular flexibility index (Phi) is 5.78. The normalized spacial score (nSPS) is 10.6. The molecule has 0 unspecified atom stereocenters. The van der Waals surface area contributed by atoms with Crippen molar-refractivity contribution in [3.05, 3.63) is 63.6 Å². The maximum Gasteiger partial charge on any atom is 0.277 e. The SMILES string of the molecule is O=C(COc1ccccc1Br)NN=Cc1ccccc1Cl. The van der Waals surface area contributed by atoms with Crippen LogP contribution < -0.4 is 10.2 Å². The summed E-state index contributed by atoms with van der Waals surface area (Å²) >= 11 is 9.30. The number of hydrazone groups is 1. The third kappa shape index (κ3) is 4.88. The Morgan fingerprint density at radius 2 is 1.95 bits per heavy atom. The molecule has 0 aliphatic heterocycles. The Morgan fingerprint density at radius 3 is 2.71 bits per heavy atom. The molecule has 0 fully saturated rings. The summed E-state index contributed by atoms with van der Waals surface area (Å²) in [6.07, 6.45) is 1.48. The molecule has 0 aliphatic rings. The van der Waals surface area contributed by atoms with E-state index in [1.165, 1.54) is 6.21 Å². The fourth-order valence-electron chi connectivity index (χ4n) is 1.49. The standard InChI is InChI=1S/C15H12BrClN2O2/c16-12-6-2-4-8-14(12)21-10-15(20)19-18-9-11-5-1-3-7-13(11)17/h1-9H,10H2,(H,19,20). The Balaban J connectivity index is 1.83. The quantitative estimate of drug-likeness (QED) is 0.648.